The van der Waals surface area contributed by atoms with Gasteiger partial charge >= 0.3 is 0 Å². The lowest BCUT2D eigenvalue weighted by molar-refractivity contribution is 0.570. The number of aromatic nitrogens is 1. The van der Waals surface area contributed by atoms with Gasteiger partial charge in [0.15, 0.2) is 5.41 Å². The van der Waals surface area contributed by atoms with Crippen LogP contribution in [0.2, 0.25) is 0 Å². The third kappa shape index (κ3) is 1.99. The molecule has 2 aromatic carbocycles. The number of hydrogen-bond donors (Lipinski definition) is 1. The van der Waals surface area contributed by atoms with Gasteiger partial charge in [-0.1, -0.05) is 42.5 Å². The molecule has 1 N–H and O–H groups in total. The van der Waals surface area contributed by atoms with Crippen molar-refractivity contribution < 1.29 is 4.39 Å². The van der Waals surface area contributed by atoms with Crippen LogP contribution in [-0.4, -0.2) is 4.98 Å². The van der Waals surface area contributed by atoms with Crippen LogP contribution in [0.5, 0.6) is 0 Å². The van der Waals surface area contributed by atoms with Crippen LogP contribution in [0, 0.1) is 17.1 Å². The van der Waals surface area contributed by atoms with Crippen LogP contribution in [0.1, 0.15) is 22.9 Å². The van der Waals surface area contributed by atoms with Gasteiger partial charge in [0.1, 0.15) is 5.82 Å². The molecular formula is C20H14FN3. The normalized spacial score (nSPS) is 21.6. The number of fused-ring (bicyclic) bond motifs is 1. The van der Waals surface area contributed by atoms with E-state index < -0.39 is 5.41 Å². The molecule has 0 fully saturated rings. The monoisotopic (exact) mass is 315 g/mol. The summed E-state index contributed by atoms with van der Waals surface area (Å²) in [5.41, 5.74) is 2.21. The van der Waals surface area contributed by atoms with Gasteiger partial charge < -0.3 is 5.32 Å². The first-order valence-electron chi connectivity index (χ1n) is 7.70. The first-order chi connectivity index (χ1) is 11.8. The standard InChI is InChI=1S/C20H14FN3/c21-16-10-8-15(9-11-16)20(13-22)18(14-5-2-1-3-6-14)24-17-7-4-12-23-19(17)20/h1-12,18,24H/t18-,20-/m1/s1. The fourth-order valence-corrected chi connectivity index (χ4v) is 3.41. The predicted octanol–water partition coefficient (Wildman–Crippen LogP) is 4.20. The lowest BCUT2D eigenvalue weighted by Crippen LogP contribution is -2.32. The highest BCUT2D eigenvalue weighted by molar-refractivity contribution is 5.68. The molecule has 4 heteroatoms. The van der Waals surface area contributed by atoms with Crippen LogP contribution in [0.15, 0.2) is 72.9 Å². The lowest BCUT2D eigenvalue weighted by Gasteiger charge is -2.29. The molecule has 4 rings (SSSR count). The van der Waals surface area contributed by atoms with Gasteiger partial charge in [0.2, 0.25) is 0 Å². The molecule has 1 aliphatic heterocycles. The number of nitriles is 1. The first kappa shape index (κ1) is 14.4. The minimum Gasteiger partial charge on any atom is -0.374 e. The van der Waals surface area contributed by atoms with Crippen molar-refractivity contribution in [2.75, 3.05) is 5.32 Å². The smallest absolute Gasteiger partial charge is 0.150 e. The zero-order valence-corrected chi connectivity index (χ0v) is 12.8. The fourth-order valence-electron chi connectivity index (χ4n) is 3.41. The van der Waals surface area contributed by atoms with Gasteiger partial charge in [0.05, 0.1) is 23.5 Å². The van der Waals surface area contributed by atoms with Crippen molar-refractivity contribution in [1.29, 1.82) is 5.26 Å². The van der Waals surface area contributed by atoms with Crippen LogP contribution in [0.4, 0.5) is 10.1 Å². The number of rotatable bonds is 2. The molecule has 1 aliphatic rings. The zero-order valence-electron chi connectivity index (χ0n) is 12.8. The fraction of sp³-hybridized carbons (Fsp3) is 0.100. The van der Waals surface area contributed by atoms with Crippen molar-refractivity contribution in [3.63, 3.8) is 0 Å². The van der Waals surface area contributed by atoms with Gasteiger partial charge in [-0.15, -0.1) is 0 Å². The molecule has 0 spiro atoms. The Bertz CT molecular complexity index is 916. The Labute approximate surface area is 139 Å². The molecular weight excluding hydrogens is 301 g/mol. The van der Waals surface area contributed by atoms with E-state index in [4.69, 9.17) is 0 Å². The van der Waals surface area contributed by atoms with E-state index in [-0.39, 0.29) is 11.9 Å². The van der Waals surface area contributed by atoms with Crippen molar-refractivity contribution in [2.24, 2.45) is 0 Å². The largest absolute Gasteiger partial charge is 0.374 e. The summed E-state index contributed by atoms with van der Waals surface area (Å²) in [6.07, 6.45) is 1.68. The highest BCUT2D eigenvalue weighted by Gasteiger charge is 2.51. The molecule has 0 radical (unpaired) electrons. The summed E-state index contributed by atoms with van der Waals surface area (Å²) in [4.78, 5) is 4.48. The van der Waals surface area contributed by atoms with Gasteiger partial charge in [0, 0.05) is 6.20 Å². The molecule has 0 bridgehead atoms. The Kier molecular flexibility index (Phi) is 3.28. The SMILES string of the molecule is N#C[C@]1(c2ccc(F)cc2)c2ncccc2N[C@@H]1c1ccccc1. The third-order valence-electron chi connectivity index (χ3n) is 4.52. The zero-order chi connectivity index (χ0) is 16.6. The lowest BCUT2D eigenvalue weighted by atomic mass is 9.72. The van der Waals surface area contributed by atoms with Crippen molar-refractivity contribution in [3.8, 4) is 6.07 Å². The van der Waals surface area contributed by atoms with E-state index in [9.17, 15) is 9.65 Å². The maximum absolute atomic E-state index is 13.4. The summed E-state index contributed by atoms with van der Waals surface area (Å²) in [7, 11) is 0. The average Bonchev–Trinajstić information content (AvgIpc) is 2.98. The Balaban J connectivity index is 1.98. The molecule has 0 saturated heterocycles. The van der Waals surface area contributed by atoms with Crippen molar-refractivity contribution in [2.45, 2.75) is 11.5 Å². The molecule has 0 saturated carbocycles. The summed E-state index contributed by atoms with van der Waals surface area (Å²) in [6, 6.07) is 21.8. The van der Waals surface area contributed by atoms with Crippen molar-refractivity contribution in [3.05, 3.63) is 95.6 Å². The minimum absolute atomic E-state index is 0.293. The molecule has 2 heterocycles. The number of nitrogens with zero attached hydrogens (tertiary/aromatic N) is 2. The maximum Gasteiger partial charge on any atom is 0.150 e. The molecule has 1 aromatic heterocycles. The van der Waals surface area contributed by atoms with Gasteiger partial charge in [-0.3, -0.25) is 4.98 Å². The highest BCUT2D eigenvalue weighted by atomic mass is 19.1. The summed E-state index contributed by atoms with van der Waals surface area (Å²) < 4.78 is 13.4. The van der Waals surface area contributed by atoms with E-state index in [0.717, 1.165) is 16.8 Å². The van der Waals surface area contributed by atoms with Gasteiger partial charge in [-0.25, -0.2) is 4.39 Å². The van der Waals surface area contributed by atoms with E-state index >= 15 is 0 Å². The first-order valence-corrected chi connectivity index (χ1v) is 7.70. The molecule has 3 aromatic rings. The van der Waals surface area contributed by atoms with E-state index in [1.54, 1.807) is 18.3 Å². The molecule has 3 nitrogen and oxygen atoms in total. The topological polar surface area (TPSA) is 48.7 Å². The van der Waals surface area contributed by atoms with Crippen LogP contribution in [0.3, 0.4) is 0 Å². The van der Waals surface area contributed by atoms with Crippen LogP contribution >= 0.6 is 0 Å². The quantitative estimate of drug-likeness (QED) is 0.771. The van der Waals surface area contributed by atoms with Crippen LogP contribution in [0.25, 0.3) is 0 Å². The minimum atomic E-state index is -1.01. The van der Waals surface area contributed by atoms with E-state index in [1.165, 1.54) is 12.1 Å². The Morgan fingerprint density at radius 2 is 1.75 bits per heavy atom. The van der Waals surface area contributed by atoms with Gasteiger partial charge in [-0.05, 0) is 35.4 Å². The van der Waals surface area contributed by atoms with Crippen LogP contribution < -0.4 is 5.32 Å². The number of pyridine rings is 1. The van der Waals surface area contributed by atoms with E-state index in [0.29, 0.717) is 5.69 Å². The number of anilines is 1. The highest BCUT2D eigenvalue weighted by Crippen LogP contribution is 2.51. The summed E-state index contributed by atoms with van der Waals surface area (Å²) in [5, 5.41) is 13.6. The molecule has 116 valence electrons. The number of halogens is 1. The van der Waals surface area contributed by atoms with Gasteiger partial charge in [0.25, 0.3) is 0 Å². The number of hydrogen-bond acceptors (Lipinski definition) is 3. The van der Waals surface area contributed by atoms with Crippen molar-refractivity contribution >= 4 is 5.69 Å². The summed E-state index contributed by atoms with van der Waals surface area (Å²) in [5.74, 6) is -0.324. The molecule has 0 aliphatic carbocycles. The van der Waals surface area contributed by atoms with Crippen molar-refractivity contribution in [1.82, 2.24) is 4.98 Å². The molecule has 24 heavy (non-hydrogen) atoms. The van der Waals surface area contributed by atoms with E-state index in [2.05, 4.69) is 16.4 Å². The van der Waals surface area contributed by atoms with Crippen LogP contribution in [-0.2, 0) is 5.41 Å². The molecule has 0 amide bonds. The molecule has 2 atom stereocenters. The predicted molar refractivity (Wildman–Crippen MR) is 89.8 cm³/mol. The third-order valence-corrected chi connectivity index (χ3v) is 4.52. The second-order valence-electron chi connectivity index (χ2n) is 5.81. The second kappa shape index (κ2) is 5.47. The van der Waals surface area contributed by atoms with E-state index in [1.807, 2.05) is 42.5 Å². The Morgan fingerprint density at radius 3 is 2.46 bits per heavy atom. The van der Waals surface area contributed by atoms with Gasteiger partial charge in [-0.2, -0.15) is 5.26 Å². The number of nitrogens with one attached hydrogen (secondary N) is 1. The second-order valence-corrected chi connectivity index (χ2v) is 5.81. The summed E-state index contributed by atoms with van der Waals surface area (Å²) in [6.45, 7) is 0. The molecule has 0 unspecified atom stereocenters. The summed E-state index contributed by atoms with van der Waals surface area (Å²) >= 11 is 0. The maximum atomic E-state index is 13.4. The Morgan fingerprint density at radius 1 is 1.00 bits per heavy atom. The number of benzene rings is 2. The average molecular weight is 315 g/mol. The Hall–Kier alpha value is -3.19.